The van der Waals surface area contributed by atoms with E-state index in [9.17, 15) is 14.3 Å². The number of aromatic hydroxyl groups is 1. The number of phenols is 1. The maximum absolute atomic E-state index is 13.6. The Bertz CT molecular complexity index is 998. The Kier molecular flexibility index (Phi) is 4.92. The third kappa shape index (κ3) is 3.69. The number of hydrogen-bond acceptors (Lipinski definition) is 6. The third-order valence-corrected chi connectivity index (χ3v) is 3.63. The lowest BCUT2D eigenvalue weighted by Crippen LogP contribution is -2.07. The van der Waals surface area contributed by atoms with Gasteiger partial charge in [0.2, 0.25) is 0 Å². The Morgan fingerprint density at radius 3 is 2.88 bits per heavy atom. The molecule has 0 bridgehead atoms. The van der Waals surface area contributed by atoms with E-state index in [4.69, 9.17) is 4.74 Å². The number of halogens is 1. The van der Waals surface area contributed by atoms with Gasteiger partial charge in [-0.3, -0.25) is 9.20 Å². The lowest BCUT2D eigenvalue weighted by atomic mass is 10.2. The van der Waals surface area contributed by atoms with Crippen LogP contribution < -0.4 is 0 Å². The van der Waals surface area contributed by atoms with E-state index in [1.165, 1.54) is 28.8 Å². The number of pyridine rings is 1. The molecule has 8 heteroatoms. The number of benzene rings is 1. The first kappa shape index (κ1) is 17.5. The van der Waals surface area contributed by atoms with Crippen molar-refractivity contribution in [3.05, 3.63) is 53.6 Å². The summed E-state index contributed by atoms with van der Waals surface area (Å²) in [7, 11) is 0. The summed E-state index contributed by atoms with van der Waals surface area (Å²) in [6.45, 7) is 3.81. The average molecular weight is 356 g/mol. The maximum Gasteiger partial charge on any atom is 0.312 e. The molecule has 0 saturated carbocycles. The minimum Gasteiger partial charge on any atom is -0.506 e. The molecule has 134 valence electrons. The molecule has 7 nitrogen and oxygen atoms in total. The standard InChI is InChI=1S/C18H17FN4O3/c1-3-26-17(25)9-14-18(23-10-12(19)5-7-16(23)20-14)22-21-13-8-11(2)4-6-15(13)24/h4-8,10,24H,3,9H2,1-2H3. The van der Waals surface area contributed by atoms with E-state index >= 15 is 0 Å². The van der Waals surface area contributed by atoms with Gasteiger partial charge in [-0.15, -0.1) is 10.2 Å². The summed E-state index contributed by atoms with van der Waals surface area (Å²) in [5.41, 5.74) is 1.89. The summed E-state index contributed by atoms with van der Waals surface area (Å²) in [5, 5.41) is 18.0. The number of carbonyl (C=O) groups is 1. The van der Waals surface area contributed by atoms with Gasteiger partial charge >= 0.3 is 5.97 Å². The van der Waals surface area contributed by atoms with Crippen molar-refractivity contribution in [2.24, 2.45) is 10.2 Å². The number of ether oxygens (including phenoxy) is 1. The first-order valence-corrected chi connectivity index (χ1v) is 8.01. The molecular weight excluding hydrogens is 339 g/mol. The van der Waals surface area contributed by atoms with Gasteiger partial charge in [-0.05, 0) is 43.7 Å². The number of imidazole rings is 1. The van der Waals surface area contributed by atoms with Crippen LogP contribution in [0.3, 0.4) is 0 Å². The Labute approximate surface area is 148 Å². The highest BCUT2D eigenvalue weighted by molar-refractivity contribution is 5.74. The van der Waals surface area contributed by atoms with E-state index in [2.05, 4.69) is 15.2 Å². The summed E-state index contributed by atoms with van der Waals surface area (Å²) >= 11 is 0. The lowest BCUT2D eigenvalue weighted by molar-refractivity contribution is -0.142. The highest BCUT2D eigenvalue weighted by atomic mass is 19.1. The number of aromatic nitrogens is 2. The molecule has 3 rings (SSSR count). The minimum atomic E-state index is -0.479. The van der Waals surface area contributed by atoms with Gasteiger partial charge in [0.25, 0.3) is 0 Å². The molecule has 0 saturated heterocycles. The Morgan fingerprint density at radius 2 is 2.12 bits per heavy atom. The van der Waals surface area contributed by atoms with E-state index in [0.717, 1.165) is 5.56 Å². The SMILES string of the molecule is CCOC(=O)Cc1nc2ccc(F)cn2c1N=Nc1cc(C)ccc1O. The van der Waals surface area contributed by atoms with Crippen LogP contribution in [0.1, 0.15) is 18.2 Å². The number of rotatable bonds is 5. The van der Waals surface area contributed by atoms with Gasteiger partial charge < -0.3 is 9.84 Å². The molecule has 0 aliphatic carbocycles. The molecule has 3 aromatic rings. The summed E-state index contributed by atoms with van der Waals surface area (Å²) in [6, 6.07) is 7.66. The van der Waals surface area contributed by atoms with Gasteiger partial charge in [0.1, 0.15) is 22.9 Å². The van der Waals surface area contributed by atoms with E-state index in [0.29, 0.717) is 11.3 Å². The highest BCUT2D eigenvalue weighted by Gasteiger charge is 2.17. The zero-order valence-electron chi connectivity index (χ0n) is 14.3. The summed E-state index contributed by atoms with van der Waals surface area (Å²) in [6.07, 6.45) is 1.09. The van der Waals surface area contributed by atoms with Crippen molar-refractivity contribution >= 4 is 23.1 Å². The number of aryl methyl sites for hydroxylation is 1. The van der Waals surface area contributed by atoms with E-state index in [1.54, 1.807) is 19.1 Å². The van der Waals surface area contributed by atoms with Crippen LogP contribution in [0.15, 0.2) is 46.8 Å². The third-order valence-electron chi connectivity index (χ3n) is 3.63. The van der Waals surface area contributed by atoms with Crippen LogP contribution in [-0.2, 0) is 16.0 Å². The molecule has 0 atom stereocenters. The Hall–Kier alpha value is -3.29. The largest absolute Gasteiger partial charge is 0.506 e. The number of esters is 1. The van der Waals surface area contributed by atoms with Crippen LogP contribution in [0.5, 0.6) is 5.75 Å². The predicted octanol–water partition coefficient (Wildman–Crippen LogP) is 4.01. The molecule has 0 radical (unpaired) electrons. The van der Waals surface area contributed by atoms with Gasteiger partial charge in [-0.1, -0.05) is 6.07 Å². The summed E-state index contributed by atoms with van der Waals surface area (Å²) in [4.78, 5) is 16.1. The maximum atomic E-state index is 13.6. The molecule has 0 aliphatic heterocycles. The highest BCUT2D eigenvalue weighted by Crippen LogP contribution is 2.30. The van der Waals surface area contributed by atoms with Gasteiger partial charge in [-0.25, -0.2) is 9.37 Å². The number of fused-ring (bicyclic) bond motifs is 1. The number of nitrogens with zero attached hydrogens (tertiary/aromatic N) is 4. The molecule has 2 aromatic heterocycles. The minimum absolute atomic E-state index is 0.0358. The van der Waals surface area contributed by atoms with Crippen LogP contribution in [0.25, 0.3) is 5.65 Å². The fourth-order valence-electron chi connectivity index (χ4n) is 2.44. The zero-order chi connectivity index (χ0) is 18.7. The zero-order valence-corrected chi connectivity index (χ0v) is 14.3. The number of phenolic OH excluding ortho intramolecular Hbond substituents is 1. The van der Waals surface area contributed by atoms with Crippen molar-refractivity contribution in [1.82, 2.24) is 9.38 Å². The van der Waals surface area contributed by atoms with E-state index in [-0.39, 0.29) is 30.3 Å². The van der Waals surface area contributed by atoms with Crippen molar-refractivity contribution < 1.29 is 19.0 Å². The second kappa shape index (κ2) is 7.30. The number of carbonyl (C=O) groups excluding carboxylic acids is 1. The monoisotopic (exact) mass is 356 g/mol. The fraction of sp³-hybridized carbons (Fsp3) is 0.222. The van der Waals surface area contributed by atoms with Crippen LogP contribution in [0.2, 0.25) is 0 Å². The second-order valence-electron chi connectivity index (χ2n) is 5.63. The van der Waals surface area contributed by atoms with Gasteiger partial charge in [-0.2, -0.15) is 0 Å². The molecule has 1 N–H and O–H groups in total. The van der Waals surface area contributed by atoms with Crippen molar-refractivity contribution in [2.45, 2.75) is 20.3 Å². The molecule has 2 heterocycles. The van der Waals surface area contributed by atoms with Crippen molar-refractivity contribution in [3.63, 3.8) is 0 Å². The molecule has 0 aliphatic rings. The molecule has 0 amide bonds. The molecule has 1 aromatic carbocycles. The first-order chi connectivity index (χ1) is 12.5. The molecule has 0 fully saturated rings. The van der Waals surface area contributed by atoms with Gasteiger partial charge in [0.05, 0.1) is 18.7 Å². The molecular formula is C18H17FN4O3. The van der Waals surface area contributed by atoms with E-state index in [1.807, 2.05) is 6.92 Å². The predicted molar refractivity (Wildman–Crippen MR) is 92.5 cm³/mol. The Morgan fingerprint density at radius 1 is 1.31 bits per heavy atom. The van der Waals surface area contributed by atoms with E-state index < -0.39 is 11.8 Å². The summed E-state index contributed by atoms with van der Waals surface area (Å²) in [5.74, 6) is -0.779. The first-order valence-electron chi connectivity index (χ1n) is 8.01. The number of azo groups is 1. The Balaban J connectivity index is 2.06. The quantitative estimate of drug-likeness (QED) is 0.552. The van der Waals surface area contributed by atoms with Crippen LogP contribution in [-0.4, -0.2) is 27.1 Å². The molecule has 0 spiro atoms. The van der Waals surface area contributed by atoms with Crippen molar-refractivity contribution in [1.29, 1.82) is 0 Å². The van der Waals surface area contributed by atoms with Gasteiger partial charge in [0.15, 0.2) is 5.82 Å². The number of hydrogen-bond donors (Lipinski definition) is 1. The topological polar surface area (TPSA) is 88.5 Å². The van der Waals surface area contributed by atoms with Crippen LogP contribution in [0, 0.1) is 12.7 Å². The summed E-state index contributed by atoms with van der Waals surface area (Å²) < 4.78 is 20.0. The fourth-order valence-corrected chi connectivity index (χ4v) is 2.44. The van der Waals surface area contributed by atoms with Gasteiger partial charge in [0, 0.05) is 6.20 Å². The lowest BCUT2D eigenvalue weighted by Gasteiger charge is -2.02. The van der Waals surface area contributed by atoms with Crippen LogP contribution in [0.4, 0.5) is 15.9 Å². The normalized spacial score (nSPS) is 11.3. The smallest absolute Gasteiger partial charge is 0.312 e. The van der Waals surface area contributed by atoms with Crippen molar-refractivity contribution in [2.75, 3.05) is 6.61 Å². The average Bonchev–Trinajstić information content (AvgIpc) is 2.92. The van der Waals surface area contributed by atoms with Crippen LogP contribution >= 0.6 is 0 Å². The second-order valence-corrected chi connectivity index (χ2v) is 5.63. The molecule has 0 unspecified atom stereocenters. The van der Waals surface area contributed by atoms with Crippen molar-refractivity contribution in [3.8, 4) is 5.75 Å². The molecule has 26 heavy (non-hydrogen) atoms.